The summed E-state index contributed by atoms with van der Waals surface area (Å²) in [6.45, 7) is 9.84. The third-order valence-electron chi connectivity index (χ3n) is 9.31. The first-order valence-corrected chi connectivity index (χ1v) is 13.8. The van der Waals surface area contributed by atoms with Gasteiger partial charge in [-0.05, 0) is 54.3 Å². The molecular formula is C27H43N5O6. The minimum Gasteiger partial charge on any atom is -0.394 e. The van der Waals surface area contributed by atoms with Crippen molar-refractivity contribution in [2.45, 2.75) is 96.8 Å². The number of urea groups is 1. The Morgan fingerprint density at radius 2 is 1.66 bits per heavy atom. The molecule has 0 aromatic heterocycles. The number of aliphatic hydroxyl groups excluding tert-OH is 1. The first kappa shape index (κ1) is 28.3. The lowest BCUT2D eigenvalue weighted by molar-refractivity contribution is -0.145. The van der Waals surface area contributed by atoms with E-state index in [4.69, 9.17) is 5.73 Å². The fourth-order valence-electron chi connectivity index (χ4n) is 6.63. The van der Waals surface area contributed by atoms with Gasteiger partial charge < -0.3 is 31.7 Å². The Morgan fingerprint density at radius 3 is 2.16 bits per heavy atom. The zero-order valence-electron chi connectivity index (χ0n) is 23.1. The summed E-state index contributed by atoms with van der Waals surface area (Å²) in [6, 6.07) is -3.26. The molecular weight excluding hydrogens is 490 g/mol. The van der Waals surface area contributed by atoms with Gasteiger partial charge in [-0.2, -0.15) is 0 Å². The van der Waals surface area contributed by atoms with Gasteiger partial charge in [0.25, 0.3) is 5.91 Å². The molecule has 1 saturated heterocycles. The van der Waals surface area contributed by atoms with E-state index in [2.05, 4.69) is 29.8 Å². The van der Waals surface area contributed by atoms with Crippen LogP contribution in [0.15, 0.2) is 0 Å². The molecule has 11 nitrogen and oxygen atoms in total. The molecule has 4 fully saturated rings. The highest BCUT2D eigenvalue weighted by Crippen LogP contribution is 2.65. The van der Waals surface area contributed by atoms with Gasteiger partial charge >= 0.3 is 6.03 Å². The van der Waals surface area contributed by atoms with Crippen molar-refractivity contribution in [3.63, 3.8) is 0 Å². The Morgan fingerprint density at radius 1 is 1.05 bits per heavy atom. The van der Waals surface area contributed by atoms with E-state index in [9.17, 15) is 29.1 Å². The van der Waals surface area contributed by atoms with E-state index >= 15 is 0 Å². The largest absolute Gasteiger partial charge is 0.394 e. The molecule has 212 valence electrons. The fourth-order valence-corrected chi connectivity index (χ4v) is 6.63. The quantitative estimate of drug-likeness (QED) is 0.269. The second-order valence-corrected chi connectivity index (χ2v) is 13.5. The number of piperidine rings is 1. The van der Waals surface area contributed by atoms with Crippen molar-refractivity contribution in [2.24, 2.45) is 34.3 Å². The molecule has 0 bridgehead atoms. The zero-order chi connectivity index (χ0) is 28.2. The van der Waals surface area contributed by atoms with E-state index in [-0.39, 0.29) is 35.7 Å². The van der Waals surface area contributed by atoms with Crippen molar-refractivity contribution in [1.82, 2.24) is 20.9 Å². The molecule has 38 heavy (non-hydrogen) atoms. The number of hydrogen-bond donors (Lipinski definition) is 5. The first-order valence-electron chi connectivity index (χ1n) is 13.8. The number of fused-ring (bicyclic) bond motifs is 1. The van der Waals surface area contributed by atoms with Crippen molar-refractivity contribution in [2.75, 3.05) is 13.2 Å². The van der Waals surface area contributed by atoms with E-state index in [1.165, 1.54) is 4.90 Å². The molecule has 0 spiro atoms. The number of likely N-dealkylation sites (tertiary alicyclic amines) is 1. The molecule has 1 aliphatic heterocycles. The zero-order valence-corrected chi connectivity index (χ0v) is 23.1. The summed E-state index contributed by atoms with van der Waals surface area (Å²) in [5.41, 5.74) is 3.72. The minimum atomic E-state index is -1.09. The SMILES string of the molecule is CC(C)(C)[C@H](NC(=O)NC1(CO)CCCC1)C(=O)N1C[C@H]2[C@@H]([C@H]1C(=O)NC(C(=O)C(N)=O)C1CC1)C2(C)C. The lowest BCUT2D eigenvalue weighted by atomic mass is 9.85. The highest BCUT2D eigenvalue weighted by atomic mass is 16.3. The van der Waals surface area contributed by atoms with Gasteiger partial charge in [0.05, 0.1) is 12.1 Å². The summed E-state index contributed by atoms with van der Waals surface area (Å²) in [7, 11) is 0. The van der Waals surface area contributed by atoms with Crippen LogP contribution in [0.4, 0.5) is 4.79 Å². The lowest BCUT2D eigenvalue weighted by Crippen LogP contribution is -2.63. The van der Waals surface area contributed by atoms with E-state index in [1.807, 2.05) is 20.8 Å². The van der Waals surface area contributed by atoms with E-state index < -0.39 is 52.7 Å². The Bertz CT molecular complexity index is 1010. The number of Topliss-reactive ketones (excluding diaryl/α,β-unsaturated/α-hetero) is 1. The maximum absolute atomic E-state index is 14.0. The second kappa shape index (κ2) is 9.81. The van der Waals surface area contributed by atoms with Crippen LogP contribution in [0.3, 0.4) is 0 Å². The van der Waals surface area contributed by atoms with Crippen LogP contribution in [0.1, 0.15) is 73.1 Å². The van der Waals surface area contributed by atoms with Crippen LogP contribution in [0.2, 0.25) is 0 Å². The van der Waals surface area contributed by atoms with E-state index in [1.54, 1.807) is 0 Å². The van der Waals surface area contributed by atoms with Gasteiger partial charge in [-0.1, -0.05) is 47.5 Å². The number of nitrogens with zero attached hydrogens (tertiary/aromatic N) is 1. The van der Waals surface area contributed by atoms with Crippen molar-refractivity contribution >= 4 is 29.5 Å². The summed E-state index contributed by atoms with van der Waals surface area (Å²) >= 11 is 0. The highest BCUT2D eigenvalue weighted by molar-refractivity contribution is 6.38. The van der Waals surface area contributed by atoms with Crippen molar-refractivity contribution < 1.29 is 29.1 Å². The molecule has 0 radical (unpaired) electrons. The molecule has 1 unspecified atom stereocenters. The molecule has 0 aromatic rings. The summed E-state index contributed by atoms with van der Waals surface area (Å²) in [6.07, 6.45) is 4.59. The molecule has 4 aliphatic rings. The predicted octanol–water partition coefficient (Wildman–Crippen LogP) is 0.438. The molecule has 4 rings (SSSR count). The fraction of sp³-hybridized carbons (Fsp3) is 0.815. The van der Waals surface area contributed by atoms with Crippen LogP contribution >= 0.6 is 0 Å². The molecule has 0 aromatic carbocycles. The maximum Gasteiger partial charge on any atom is 0.315 e. The van der Waals surface area contributed by atoms with Crippen molar-refractivity contribution in [3.8, 4) is 0 Å². The number of primary amides is 1. The summed E-state index contributed by atoms with van der Waals surface area (Å²) in [4.78, 5) is 66.2. The second-order valence-electron chi connectivity index (χ2n) is 13.5. The Hall–Kier alpha value is -2.69. The van der Waals surface area contributed by atoms with E-state index in [0.29, 0.717) is 19.4 Å². The monoisotopic (exact) mass is 533 g/mol. The summed E-state index contributed by atoms with van der Waals surface area (Å²) in [5.74, 6) is -2.86. The average molecular weight is 534 g/mol. The molecule has 3 aliphatic carbocycles. The predicted molar refractivity (Wildman–Crippen MR) is 138 cm³/mol. The standard InChI is InChI=1S/C27H43N5O6/c1-25(2,3)20(30-24(38)31-27(13-33)10-6-7-11-27)23(37)32-12-15-16(26(15,4)5)18(32)22(36)29-17(14-8-9-14)19(34)21(28)35/h14-18,20,33H,6-13H2,1-5H3,(H2,28,35)(H,29,36)(H2,30,31,38)/t15-,16-,17?,18-,20+/m0/s1. The van der Waals surface area contributed by atoms with Gasteiger partial charge in [0.15, 0.2) is 0 Å². The number of amides is 5. The minimum absolute atomic E-state index is 0.0967. The Labute approximate surface area is 224 Å². The molecule has 11 heteroatoms. The highest BCUT2D eigenvalue weighted by Gasteiger charge is 2.70. The van der Waals surface area contributed by atoms with Crippen molar-refractivity contribution in [1.29, 1.82) is 0 Å². The first-order chi connectivity index (χ1) is 17.6. The summed E-state index contributed by atoms with van der Waals surface area (Å²) in [5, 5.41) is 18.4. The van der Waals surface area contributed by atoms with Crippen molar-refractivity contribution in [3.05, 3.63) is 0 Å². The van der Waals surface area contributed by atoms with E-state index in [0.717, 1.165) is 25.7 Å². The maximum atomic E-state index is 14.0. The van der Waals surface area contributed by atoms with Crippen LogP contribution in [0.5, 0.6) is 0 Å². The summed E-state index contributed by atoms with van der Waals surface area (Å²) < 4.78 is 0. The number of aliphatic hydroxyl groups is 1. The molecule has 5 amide bonds. The average Bonchev–Trinajstić information content (AvgIpc) is 3.60. The van der Waals surface area contributed by atoms with Gasteiger partial charge in [-0.3, -0.25) is 19.2 Å². The third-order valence-corrected chi connectivity index (χ3v) is 9.31. The van der Waals surface area contributed by atoms with Crippen LogP contribution < -0.4 is 21.7 Å². The van der Waals surface area contributed by atoms with Gasteiger partial charge in [0, 0.05) is 6.54 Å². The number of carbonyl (C=O) groups excluding carboxylic acids is 5. The van der Waals surface area contributed by atoms with Gasteiger partial charge in [0.1, 0.15) is 18.1 Å². The third kappa shape index (κ3) is 5.26. The molecule has 6 N–H and O–H groups in total. The topological polar surface area (TPSA) is 171 Å². The molecule has 3 saturated carbocycles. The van der Waals surface area contributed by atoms with Gasteiger partial charge in [0.2, 0.25) is 17.6 Å². The van der Waals surface area contributed by atoms with Gasteiger partial charge in [-0.25, -0.2) is 4.79 Å². The normalized spacial score (nSPS) is 28.6. The van der Waals surface area contributed by atoms with Crippen LogP contribution in [0.25, 0.3) is 0 Å². The number of nitrogens with one attached hydrogen (secondary N) is 3. The number of hydrogen-bond acceptors (Lipinski definition) is 6. The molecule has 1 heterocycles. The Balaban J connectivity index is 1.53. The number of carbonyl (C=O) groups is 5. The number of nitrogens with two attached hydrogens (primary N) is 1. The van der Waals surface area contributed by atoms with Crippen LogP contribution in [0, 0.1) is 28.6 Å². The van der Waals surface area contributed by atoms with Gasteiger partial charge in [-0.15, -0.1) is 0 Å². The Kier molecular flexibility index (Phi) is 7.31. The smallest absolute Gasteiger partial charge is 0.315 e. The van der Waals surface area contributed by atoms with Crippen LogP contribution in [-0.4, -0.2) is 76.4 Å². The number of rotatable bonds is 9. The molecule has 5 atom stereocenters. The van der Waals surface area contributed by atoms with Crippen LogP contribution in [-0.2, 0) is 19.2 Å². The lowest BCUT2D eigenvalue weighted by Gasteiger charge is -2.38. The number of ketones is 1.